The Morgan fingerprint density at radius 1 is 0.816 bits per heavy atom. The Hall–Kier alpha value is -4.56. The van der Waals surface area contributed by atoms with Gasteiger partial charge < -0.3 is 63.7 Å². The van der Waals surface area contributed by atoms with E-state index in [1.54, 1.807) is 6.92 Å². The Morgan fingerprint density at radius 2 is 1.41 bits per heavy atom. The molecule has 1 fully saturated rings. The summed E-state index contributed by atoms with van der Waals surface area (Å²) in [5, 5.41) is 24.3. The van der Waals surface area contributed by atoms with Crippen LogP contribution >= 0.6 is 0 Å². The highest BCUT2D eigenvalue weighted by Gasteiger charge is 2.32. The van der Waals surface area contributed by atoms with E-state index in [0.29, 0.717) is 39.2 Å². The van der Waals surface area contributed by atoms with Gasteiger partial charge in [-0.2, -0.15) is 0 Å². The Balaban J connectivity index is 3.01. The molecule has 20 nitrogen and oxygen atoms in total. The van der Waals surface area contributed by atoms with Crippen molar-refractivity contribution in [2.45, 2.75) is 82.5 Å². The van der Waals surface area contributed by atoms with Crippen LogP contribution in [0.15, 0.2) is 4.99 Å². The van der Waals surface area contributed by atoms with E-state index < -0.39 is 72.6 Å². The van der Waals surface area contributed by atoms with Crippen LogP contribution in [0, 0.1) is 0 Å². The van der Waals surface area contributed by atoms with Crippen LogP contribution < -0.4 is 49.1 Å². The number of nitrogens with zero attached hydrogens (tertiary/aromatic N) is 1. The lowest BCUT2D eigenvalue weighted by molar-refractivity contribution is -0.141. The van der Waals surface area contributed by atoms with Crippen molar-refractivity contribution in [3.63, 3.8) is 0 Å². The minimum Gasteiger partial charge on any atom is -0.481 e. The van der Waals surface area contributed by atoms with Crippen LogP contribution in [-0.2, 0) is 43.0 Å². The molecule has 49 heavy (non-hydrogen) atoms. The summed E-state index contributed by atoms with van der Waals surface area (Å²) in [6, 6.07) is -5.04. The number of hydrogen-bond donors (Lipinski definition) is 10. The third-order valence-corrected chi connectivity index (χ3v) is 7.06. The standard InChI is InChI=1S/C29H52N10O10/c1-2-18-26(45)39-20(6-3-4-10-33-22(40)8-12-48-14-15-49-13-9-30)27(46)38-19(7-5-11-34-29(31)32)25(44)35-17-23(41)36-21(16-24(42)43)28(47)37-18/h18-21H,2-17,30H2,1H3,(H,33,40)(H,35,44)(H,36,41)(H,37,47)(H,38,46)(H,39,45)(H,42,43)(H4,31,32,34)/t18-,19+,20+,21+/m1/s1. The molecule has 0 aromatic rings. The molecule has 6 amide bonds. The number of nitrogens with one attached hydrogen (secondary N) is 6. The maximum absolute atomic E-state index is 13.5. The van der Waals surface area contributed by atoms with Crippen LogP contribution in [0.25, 0.3) is 0 Å². The lowest BCUT2D eigenvalue weighted by Crippen LogP contribution is -2.57. The van der Waals surface area contributed by atoms with Crippen molar-refractivity contribution in [3.05, 3.63) is 0 Å². The second kappa shape index (κ2) is 24.6. The van der Waals surface area contributed by atoms with Gasteiger partial charge in [-0.15, -0.1) is 0 Å². The number of carbonyl (C=O) groups excluding carboxylic acids is 6. The Labute approximate surface area is 284 Å². The topological polar surface area (TPSA) is 321 Å². The quantitative estimate of drug-likeness (QED) is 0.0327. The van der Waals surface area contributed by atoms with Gasteiger partial charge in [-0.1, -0.05) is 6.92 Å². The zero-order valence-electron chi connectivity index (χ0n) is 27.9. The van der Waals surface area contributed by atoms with Gasteiger partial charge in [0.05, 0.1) is 39.4 Å². The number of hydrogen-bond acceptors (Lipinski definition) is 11. The Kier molecular flexibility index (Phi) is 21.3. The van der Waals surface area contributed by atoms with E-state index in [9.17, 15) is 38.7 Å². The number of aliphatic carboxylic acids is 1. The monoisotopic (exact) mass is 700 g/mol. The van der Waals surface area contributed by atoms with Gasteiger partial charge in [-0.3, -0.25) is 38.6 Å². The second-order valence-electron chi connectivity index (χ2n) is 11.1. The zero-order chi connectivity index (χ0) is 36.6. The lowest BCUT2D eigenvalue weighted by Gasteiger charge is -2.25. The maximum Gasteiger partial charge on any atom is 0.305 e. The molecule has 0 unspecified atom stereocenters. The lowest BCUT2D eigenvalue weighted by atomic mass is 10.0. The molecule has 0 bridgehead atoms. The third-order valence-electron chi connectivity index (χ3n) is 7.06. The van der Waals surface area contributed by atoms with E-state index in [0.717, 1.165) is 0 Å². The molecular formula is C29H52N10O10. The van der Waals surface area contributed by atoms with E-state index in [1.807, 2.05) is 0 Å². The molecule has 0 aliphatic carbocycles. The van der Waals surface area contributed by atoms with Crippen molar-refractivity contribution < 1.29 is 48.1 Å². The summed E-state index contributed by atoms with van der Waals surface area (Å²) in [6.45, 7) is 3.17. The van der Waals surface area contributed by atoms with E-state index in [1.165, 1.54) is 0 Å². The number of amides is 6. The Morgan fingerprint density at radius 3 is 2.04 bits per heavy atom. The summed E-state index contributed by atoms with van der Waals surface area (Å²) in [5.41, 5.74) is 16.1. The number of carbonyl (C=O) groups is 7. The number of carboxylic acid groups (broad SMARTS) is 1. The van der Waals surface area contributed by atoms with Gasteiger partial charge in [0, 0.05) is 26.1 Å². The van der Waals surface area contributed by atoms with Crippen LogP contribution in [0.3, 0.4) is 0 Å². The molecule has 13 N–H and O–H groups in total. The van der Waals surface area contributed by atoms with Crippen LogP contribution in [0.2, 0.25) is 0 Å². The molecule has 4 atom stereocenters. The van der Waals surface area contributed by atoms with Crippen LogP contribution in [0.5, 0.6) is 0 Å². The van der Waals surface area contributed by atoms with Crippen molar-refractivity contribution in [1.82, 2.24) is 31.9 Å². The molecule has 1 aliphatic heterocycles. The van der Waals surface area contributed by atoms with Gasteiger partial charge in [0.1, 0.15) is 24.2 Å². The SMILES string of the molecule is CC[C@H]1NC(=O)[C@H](CC(=O)O)NC(=O)CNC(=O)[C@H](CCCN=C(N)N)NC(=O)[C@H](CCCCNC(=O)CCOCCOCCN)NC1=O. The zero-order valence-corrected chi connectivity index (χ0v) is 27.9. The molecule has 20 heteroatoms. The predicted octanol–water partition coefficient (Wildman–Crippen LogP) is -4.34. The van der Waals surface area contributed by atoms with E-state index in [-0.39, 0.29) is 63.7 Å². The minimum atomic E-state index is -1.54. The maximum atomic E-state index is 13.5. The average molecular weight is 701 g/mol. The summed E-state index contributed by atoms with van der Waals surface area (Å²) >= 11 is 0. The summed E-state index contributed by atoms with van der Waals surface area (Å²) in [7, 11) is 0. The van der Waals surface area contributed by atoms with Crippen LogP contribution in [0.1, 0.15) is 58.3 Å². The fourth-order valence-corrected chi connectivity index (χ4v) is 4.49. The largest absolute Gasteiger partial charge is 0.481 e. The number of unbranched alkanes of at least 4 members (excludes halogenated alkanes) is 1. The summed E-state index contributed by atoms with van der Waals surface area (Å²) in [5.74, 6) is -5.74. The first-order valence-corrected chi connectivity index (χ1v) is 16.2. The van der Waals surface area contributed by atoms with Gasteiger partial charge in [0.15, 0.2) is 5.96 Å². The molecule has 278 valence electrons. The van der Waals surface area contributed by atoms with Gasteiger partial charge >= 0.3 is 5.97 Å². The third kappa shape index (κ3) is 19.1. The number of aliphatic imine (C=N–C) groups is 1. The van der Waals surface area contributed by atoms with E-state index in [4.69, 9.17) is 26.7 Å². The highest BCUT2D eigenvalue weighted by molar-refractivity contribution is 5.97. The number of guanidine groups is 1. The highest BCUT2D eigenvalue weighted by atomic mass is 16.5. The van der Waals surface area contributed by atoms with Crippen molar-refractivity contribution in [2.75, 3.05) is 52.6 Å². The predicted molar refractivity (Wildman–Crippen MR) is 175 cm³/mol. The van der Waals surface area contributed by atoms with E-state index in [2.05, 4.69) is 36.9 Å². The van der Waals surface area contributed by atoms with Crippen molar-refractivity contribution >= 4 is 47.4 Å². The fraction of sp³-hybridized carbons (Fsp3) is 0.724. The molecule has 0 radical (unpaired) electrons. The number of carboxylic acids is 1. The molecule has 1 heterocycles. The van der Waals surface area contributed by atoms with Gasteiger partial charge in [0.25, 0.3) is 0 Å². The van der Waals surface area contributed by atoms with E-state index >= 15 is 0 Å². The summed E-state index contributed by atoms with van der Waals surface area (Å²) < 4.78 is 10.5. The number of rotatable bonds is 20. The summed E-state index contributed by atoms with van der Waals surface area (Å²) in [4.78, 5) is 92.7. The van der Waals surface area contributed by atoms with Crippen molar-refractivity contribution in [1.29, 1.82) is 0 Å². The highest BCUT2D eigenvalue weighted by Crippen LogP contribution is 2.07. The van der Waals surface area contributed by atoms with Gasteiger partial charge in [-0.25, -0.2) is 0 Å². The first-order valence-electron chi connectivity index (χ1n) is 16.2. The molecule has 1 rings (SSSR count). The van der Waals surface area contributed by atoms with Crippen molar-refractivity contribution in [2.24, 2.45) is 22.2 Å². The molecule has 1 saturated heterocycles. The number of ether oxygens (including phenoxy) is 2. The molecule has 0 aromatic heterocycles. The molecule has 1 aliphatic rings. The van der Waals surface area contributed by atoms with Gasteiger partial charge in [0.2, 0.25) is 35.4 Å². The van der Waals surface area contributed by atoms with Crippen LogP contribution in [0.4, 0.5) is 0 Å². The molecule has 0 saturated carbocycles. The number of nitrogens with two attached hydrogens (primary N) is 3. The average Bonchev–Trinajstić information content (AvgIpc) is 3.05. The smallest absolute Gasteiger partial charge is 0.305 e. The van der Waals surface area contributed by atoms with Crippen molar-refractivity contribution in [3.8, 4) is 0 Å². The normalized spacial score (nSPS) is 20.7. The first-order chi connectivity index (χ1) is 23.4. The second-order valence-corrected chi connectivity index (χ2v) is 11.1. The first kappa shape index (κ1) is 42.5. The fourth-order valence-electron chi connectivity index (χ4n) is 4.49. The minimum absolute atomic E-state index is 0.0619. The Bertz CT molecular complexity index is 1140. The van der Waals surface area contributed by atoms with Gasteiger partial charge in [-0.05, 0) is 38.5 Å². The molecule has 0 aromatic carbocycles. The molecule has 0 spiro atoms. The summed E-state index contributed by atoms with van der Waals surface area (Å²) in [6.07, 6.45) is 0.682. The molecular weight excluding hydrogens is 648 g/mol. The van der Waals surface area contributed by atoms with Crippen LogP contribution in [-0.4, -0.2) is 129 Å².